The Bertz CT molecular complexity index is 762. The van der Waals surface area contributed by atoms with Gasteiger partial charge in [-0.3, -0.25) is 0 Å². The summed E-state index contributed by atoms with van der Waals surface area (Å²) in [6.07, 6.45) is 0.877. The fourth-order valence-corrected chi connectivity index (χ4v) is 5.34. The third-order valence-corrected chi connectivity index (χ3v) is 6.84. The van der Waals surface area contributed by atoms with E-state index in [1.165, 1.54) is 5.54 Å². The van der Waals surface area contributed by atoms with Gasteiger partial charge in [0.25, 0.3) is 0 Å². The first-order valence-corrected chi connectivity index (χ1v) is 11.3. The third-order valence-electron chi connectivity index (χ3n) is 3.92. The molecule has 0 N–H and O–H groups in total. The summed E-state index contributed by atoms with van der Waals surface area (Å²) in [7, 11) is -2.78. The Morgan fingerprint density at radius 3 is 2.11 bits per heavy atom. The quantitative estimate of drug-likeness (QED) is 0.307. The smallest absolute Gasteiger partial charge is 0.348 e. The second-order valence-electron chi connectivity index (χ2n) is 5.83. The predicted octanol–water partition coefficient (Wildman–Crippen LogP) is 7.29. The fraction of sp³-hybridized carbons (Fsp3) is 0.333. The first-order valence-electron chi connectivity index (χ1n) is 9.31. The van der Waals surface area contributed by atoms with Crippen LogP contribution in [0, 0.1) is 0 Å². The van der Waals surface area contributed by atoms with Gasteiger partial charge in [-0.05, 0) is 18.6 Å². The molecular weight excluding hydrogens is 379 g/mol. The normalized spacial score (nSPS) is 14.0. The van der Waals surface area contributed by atoms with Gasteiger partial charge in [0.1, 0.15) is 5.76 Å². The molecule has 0 radical (unpaired) electrons. The van der Waals surface area contributed by atoms with Crippen LogP contribution < -0.4 is 0 Å². The molecule has 0 bridgehead atoms. The third kappa shape index (κ3) is 5.95. The van der Waals surface area contributed by atoms with Crippen LogP contribution >= 0.6 is 19.3 Å². The average Bonchev–Trinajstić information content (AvgIpc) is 2.72. The Labute approximate surface area is 168 Å². The molecule has 0 spiro atoms. The summed E-state index contributed by atoms with van der Waals surface area (Å²) in [5, 5.41) is 0. The Kier molecular flexibility index (Phi) is 9.09. The number of benzene rings is 2. The lowest BCUT2D eigenvalue weighted by atomic mass is 10.2. The maximum absolute atomic E-state index is 6.50. The van der Waals surface area contributed by atoms with Gasteiger partial charge < -0.3 is 9.05 Å². The van der Waals surface area contributed by atoms with E-state index < -0.39 is 7.66 Å². The number of rotatable bonds is 10. The summed E-state index contributed by atoms with van der Waals surface area (Å²) >= 11 is 6.15. The Balaban J connectivity index is 2.57. The van der Waals surface area contributed by atoms with Crippen LogP contribution in [0.5, 0.6) is 0 Å². The molecule has 2 aromatic carbocycles. The van der Waals surface area contributed by atoms with Crippen LogP contribution in [0.1, 0.15) is 32.8 Å². The molecule has 27 heavy (non-hydrogen) atoms. The van der Waals surface area contributed by atoms with Crippen molar-refractivity contribution in [2.45, 2.75) is 27.2 Å². The number of hydrogen-bond donors (Lipinski definition) is 0. The standard InChI is InChI=1S/C21H28ClN2O2P/c1-4-17-25-27(24(5-2)6-3,23-20-15-11-8-12-16-20)26-21(18-22)19-13-9-7-10-14-19/h7-16,18H,4-6,17H2,1-3H3. The summed E-state index contributed by atoms with van der Waals surface area (Å²) in [5.74, 6) is 0.563. The molecule has 146 valence electrons. The predicted molar refractivity (Wildman–Crippen MR) is 116 cm³/mol. The highest BCUT2D eigenvalue weighted by molar-refractivity contribution is 7.54. The van der Waals surface area contributed by atoms with E-state index in [9.17, 15) is 0 Å². The minimum absolute atomic E-state index is 0.560. The highest BCUT2D eigenvalue weighted by atomic mass is 35.5. The van der Waals surface area contributed by atoms with Crippen LogP contribution in [0.25, 0.3) is 5.76 Å². The first kappa shape index (κ1) is 21.7. The zero-order valence-electron chi connectivity index (χ0n) is 16.2. The zero-order chi connectivity index (χ0) is 19.5. The molecule has 6 heteroatoms. The molecule has 2 rings (SSSR count). The molecule has 4 nitrogen and oxygen atoms in total. The maximum atomic E-state index is 6.50. The van der Waals surface area contributed by atoms with Crippen LogP contribution in [0.15, 0.2) is 70.9 Å². The van der Waals surface area contributed by atoms with Gasteiger partial charge in [0, 0.05) is 24.2 Å². The molecule has 0 saturated carbocycles. The summed E-state index contributed by atoms with van der Waals surface area (Å²) in [4.78, 5) is 0. The zero-order valence-corrected chi connectivity index (χ0v) is 17.9. The number of hydrogen-bond acceptors (Lipinski definition) is 3. The van der Waals surface area contributed by atoms with E-state index in [0.717, 1.165) is 30.8 Å². The Morgan fingerprint density at radius 1 is 1.00 bits per heavy atom. The summed E-state index contributed by atoms with van der Waals surface area (Å²) < 4.78 is 20.0. The lowest BCUT2D eigenvalue weighted by molar-refractivity contribution is 0.245. The molecule has 0 aliphatic carbocycles. The van der Waals surface area contributed by atoms with Gasteiger partial charge >= 0.3 is 7.66 Å². The van der Waals surface area contributed by atoms with Crippen molar-refractivity contribution in [2.75, 3.05) is 19.7 Å². The highest BCUT2D eigenvalue weighted by Crippen LogP contribution is 2.60. The molecule has 2 aromatic rings. The van der Waals surface area contributed by atoms with Gasteiger partial charge in [0.15, 0.2) is 0 Å². The molecule has 0 fully saturated rings. The van der Waals surface area contributed by atoms with Crippen molar-refractivity contribution in [1.29, 1.82) is 0 Å². The molecule has 1 unspecified atom stereocenters. The van der Waals surface area contributed by atoms with E-state index in [-0.39, 0.29) is 0 Å². The molecule has 0 heterocycles. The van der Waals surface area contributed by atoms with Crippen LogP contribution in [0.4, 0.5) is 5.69 Å². The molecule has 0 aliphatic rings. The van der Waals surface area contributed by atoms with Crippen LogP contribution in [-0.4, -0.2) is 24.4 Å². The summed E-state index contributed by atoms with van der Waals surface area (Å²) in [6.45, 7) is 8.33. The molecule has 0 aromatic heterocycles. The molecule has 0 amide bonds. The molecular formula is C21H28ClN2O2P. The van der Waals surface area contributed by atoms with Crippen molar-refractivity contribution in [3.63, 3.8) is 0 Å². The highest BCUT2D eigenvalue weighted by Gasteiger charge is 2.32. The SMILES string of the molecule is CCCOP(=Nc1ccccc1)(OC(=CCl)c1ccccc1)N(CC)CC. The number of nitrogens with zero attached hydrogens (tertiary/aromatic N) is 2. The number of halogens is 1. The monoisotopic (exact) mass is 406 g/mol. The van der Waals surface area contributed by atoms with E-state index in [4.69, 9.17) is 25.4 Å². The second kappa shape index (κ2) is 11.3. The fourth-order valence-electron chi connectivity index (χ4n) is 2.58. The van der Waals surface area contributed by atoms with Gasteiger partial charge in [-0.1, -0.05) is 80.9 Å². The lowest BCUT2D eigenvalue weighted by Gasteiger charge is -2.34. The largest absolute Gasteiger partial charge is 0.425 e. The van der Waals surface area contributed by atoms with Crippen molar-refractivity contribution in [1.82, 2.24) is 4.67 Å². The van der Waals surface area contributed by atoms with E-state index >= 15 is 0 Å². The minimum atomic E-state index is -2.78. The van der Waals surface area contributed by atoms with Gasteiger partial charge in [-0.25, -0.2) is 4.67 Å². The van der Waals surface area contributed by atoms with Crippen LogP contribution in [0.2, 0.25) is 0 Å². The maximum Gasteiger partial charge on any atom is 0.348 e. The van der Waals surface area contributed by atoms with Crippen LogP contribution in [0.3, 0.4) is 0 Å². The van der Waals surface area contributed by atoms with E-state index in [2.05, 4.69) is 25.4 Å². The van der Waals surface area contributed by atoms with E-state index in [0.29, 0.717) is 12.4 Å². The van der Waals surface area contributed by atoms with Crippen molar-refractivity contribution in [3.8, 4) is 0 Å². The average molecular weight is 407 g/mol. The molecule has 0 saturated heterocycles. The van der Waals surface area contributed by atoms with Gasteiger partial charge in [-0.15, -0.1) is 0 Å². The Hall–Kier alpha value is -1.58. The van der Waals surface area contributed by atoms with Crippen molar-refractivity contribution < 1.29 is 9.05 Å². The minimum Gasteiger partial charge on any atom is -0.425 e. The Morgan fingerprint density at radius 2 is 1.59 bits per heavy atom. The van der Waals surface area contributed by atoms with Crippen molar-refractivity contribution in [3.05, 3.63) is 71.8 Å². The lowest BCUT2D eigenvalue weighted by Crippen LogP contribution is -2.23. The van der Waals surface area contributed by atoms with E-state index in [1.807, 2.05) is 60.7 Å². The van der Waals surface area contributed by atoms with Crippen molar-refractivity contribution in [2.24, 2.45) is 4.74 Å². The second-order valence-corrected chi connectivity index (χ2v) is 8.23. The van der Waals surface area contributed by atoms with Crippen LogP contribution in [-0.2, 0) is 9.05 Å². The van der Waals surface area contributed by atoms with E-state index in [1.54, 1.807) is 0 Å². The summed E-state index contributed by atoms with van der Waals surface area (Å²) in [6, 6.07) is 19.6. The van der Waals surface area contributed by atoms with Gasteiger partial charge in [0.2, 0.25) is 0 Å². The first-order chi connectivity index (χ1) is 13.2. The topological polar surface area (TPSA) is 34.1 Å². The van der Waals surface area contributed by atoms with Crippen molar-refractivity contribution >= 4 is 30.7 Å². The molecule has 1 atom stereocenters. The molecule has 0 aliphatic heterocycles. The van der Waals surface area contributed by atoms with Gasteiger partial charge in [-0.2, -0.15) is 4.74 Å². The summed E-state index contributed by atoms with van der Waals surface area (Å²) in [5.41, 5.74) is 3.19. The van der Waals surface area contributed by atoms with Gasteiger partial charge in [0.05, 0.1) is 12.3 Å².